The average Bonchev–Trinajstić information content (AvgIpc) is 2.43. The number of nitrogens with one attached hydrogen (secondary N) is 1. The lowest BCUT2D eigenvalue weighted by Gasteiger charge is -2.33. The molecule has 1 N–H and O–H groups in total. The zero-order valence-electron chi connectivity index (χ0n) is 11.9. The van der Waals surface area contributed by atoms with Crippen molar-refractivity contribution in [3.63, 3.8) is 0 Å². The minimum absolute atomic E-state index is 0.225. The van der Waals surface area contributed by atoms with Gasteiger partial charge >= 0.3 is 5.97 Å². The molecular weight excluding hydrogens is 228 g/mol. The SMILES string of the molecule is CCCN(CC=C(C)C(=O)OC)C1CCNCC1. The van der Waals surface area contributed by atoms with E-state index in [4.69, 9.17) is 4.74 Å². The van der Waals surface area contributed by atoms with E-state index in [-0.39, 0.29) is 5.97 Å². The molecule has 0 aliphatic carbocycles. The molecule has 18 heavy (non-hydrogen) atoms. The summed E-state index contributed by atoms with van der Waals surface area (Å²) in [5.41, 5.74) is 0.701. The molecule has 0 spiro atoms. The molecule has 104 valence electrons. The van der Waals surface area contributed by atoms with Crippen LogP contribution in [0.4, 0.5) is 0 Å². The van der Waals surface area contributed by atoms with Crippen LogP contribution in [-0.2, 0) is 9.53 Å². The largest absolute Gasteiger partial charge is 0.466 e. The minimum Gasteiger partial charge on any atom is -0.466 e. The van der Waals surface area contributed by atoms with Crippen molar-refractivity contribution in [2.45, 2.75) is 39.2 Å². The van der Waals surface area contributed by atoms with E-state index < -0.39 is 0 Å². The van der Waals surface area contributed by atoms with E-state index in [9.17, 15) is 4.79 Å². The first-order chi connectivity index (χ1) is 8.69. The van der Waals surface area contributed by atoms with Gasteiger partial charge in [0.25, 0.3) is 0 Å². The Labute approximate surface area is 110 Å². The fourth-order valence-corrected chi connectivity index (χ4v) is 2.38. The van der Waals surface area contributed by atoms with Crippen molar-refractivity contribution in [2.75, 3.05) is 33.3 Å². The molecule has 4 nitrogen and oxygen atoms in total. The summed E-state index contributed by atoms with van der Waals surface area (Å²) in [6, 6.07) is 0.646. The molecule has 0 aromatic rings. The third kappa shape index (κ3) is 4.78. The van der Waals surface area contributed by atoms with E-state index in [1.165, 1.54) is 20.0 Å². The fraction of sp³-hybridized carbons (Fsp3) is 0.786. The lowest BCUT2D eigenvalue weighted by atomic mass is 10.0. The van der Waals surface area contributed by atoms with Crippen molar-refractivity contribution >= 4 is 5.97 Å². The number of hydrogen-bond acceptors (Lipinski definition) is 4. The Morgan fingerprint density at radius 3 is 2.67 bits per heavy atom. The predicted octanol–water partition coefficient (Wildman–Crippen LogP) is 1.57. The van der Waals surface area contributed by atoms with Gasteiger partial charge in [-0.2, -0.15) is 0 Å². The Morgan fingerprint density at radius 1 is 1.44 bits per heavy atom. The van der Waals surface area contributed by atoms with E-state index in [1.807, 2.05) is 13.0 Å². The van der Waals surface area contributed by atoms with E-state index in [1.54, 1.807) is 0 Å². The number of methoxy groups -OCH3 is 1. The topological polar surface area (TPSA) is 41.6 Å². The molecule has 0 saturated carbocycles. The second kappa shape index (κ2) is 8.27. The Balaban J connectivity index is 2.53. The Hall–Kier alpha value is -0.870. The number of carbonyl (C=O) groups is 1. The van der Waals surface area contributed by atoms with Crippen molar-refractivity contribution in [3.05, 3.63) is 11.6 Å². The third-order valence-electron chi connectivity index (χ3n) is 3.48. The highest BCUT2D eigenvalue weighted by Crippen LogP contribution is 2.13. The van der Waals surface area contributed by atoms with Crippen molar-refractivity contribution < 1.29 is 9.53 Å². The number of rotatable bonds is 6. The van der Waals surface area contributed by atoms with Crippen molar-refractivity contribution in [3.8, 4) is 0 Å². The van der Waals surface area contributed by atoms with Gasteiger partial charge in [-0.25, -0.2) is 4.79 Å². The number of piperidine rings is 1. The summed E-state index contributed by atoms with van der Waals surface area (Å²) < 4.78 is 4.71. The number of nitrogens with zero attached hydrogens (tertiary/aromatic N) is 1. The van der Waals surface area contributed by atoms with Crippen LogP contribution in [0.1, 0.15) is 33.1 Å². The molecule has 1 rings (SSSR count). The Kier molecular flexibility index (Phi) is 6.98. The van der Waals surface area contributed by atoms with Crippen LogP contribution in [0.15, 0.2) is 11.6 Å². The smallest absolute Gasteiger partial charge is 0.333 e. The zero-order chi connectivity index (χ0) is 13.4. The highest BCUT2D eigenvalue weighted by molar-refractivity contribution is 5.87. The molecule has 0 bridgehead atoms. The van der Waals surface area contributed by atoms with Crippen molar-refractivity contribution in [1.29, 1.82) is 0 Å². The number of esters is 1. The van der Waals surface area contributed by atoms with Crippen molar-refractivity contribution in [1.82, 2.24) is 10.2 Å². The van der Waals surface area contributed by atoms with Gasteiger partial charge in [0, 0.05) is 18.2 Å². The molecule has 0 aromatic heterocycles. The second-order valence-corrected chi connectivity index (χ2v) is 4.85. The molecule has 1 saturated heterocycles. The van der Waals surface area contributed by atoms with Crippen LogP contribution in [0.25, 0.3) is 0 Å². The number of ether oxygens (including phenoxy) is 1. The van der Waals surface area contributed by atoms with Crippen LogP contribution in [0.2, 0.25) is 0 Å². The van der Waals surface area contributed by atoms with Gasteiger partial charge in [-0.1, -0.05) is 13.0 Å². The number of carbonyl (C=O) groups excluding carboxylic acids is 1. The summed E-state index contributed by atoms with van der Waals surface area (Å²) in [6.45, 7) is 8.16. The molecule has 1 heterocycles. The molecule has 0 radical (unpaired) electrons. The van der Waals surface area contributed by atoms with Gasteiger partial charge in [0.15, 0.2) is 0 Å². The normalized spacial score (nSPS) is 18.1. The van der Waals surface area contributed by atoms with Crippen LogP contribution < -0.4 is 5.32 Å². The average molecular weight is 254 g/mol. The first-order valence-electron chi connectivity index (χ1n) is 6.88. The lowest BCUT2D eigenvalue weighted by molar-refractivity contribution is -0.136. The highest BCUT2D eigenvalue weighted by Gasteiger charge is 2.19. The van der Waals surface area contributed by atoms with Gasteiger partial charge in [-0.05, 0) is 45.8 Å². The maximum Gasteiger partial charge on any atom is 0.333 e. The van der Waals surface area contributed by atoms with Crippen LogP contribution in [0.3, 0.4) is 0 Å². The van der Waals surface area contributed by atoms with Gasteiger partial charge in [0.2, 0.25) is 0 Å². The van der Waals surface area contributed by atoms with Crippen LogP contribution in [0, 0.1) is 0 Å². The van der Waals surface area contributed by atoms with Gasteiger partial charge in [0.1, 0.15) is 0 Å². The molecular formula is C14H26N2O2. The molecule has 0 unspecified atom stereocenters. The quantitative estimate of drug-likeness (QED) is 0.577. The first kappa shape index (κ1) is 15.2. The van der Waals surface area contributed by atoms with Gasteiger partial charge in [-0.3, -0.25) is 4.90 Å². The van der Waals surface area contributed by atoms with E-state index in [0.29, 0.717) is 11.6 Å². The van der Waals surface area contributed by atoms with Crippen LogP contribution in [-0.4, -0.2) is 50.2 Å². The Morgan fingerprint density at radius 2 is 2.11 bits per heavy atom. The molecule has 0 atom stereocenters. The predicted molar refractivity (Wildman–Crippen MR) is 73.5 cm³/mol. The summed E-state index contributed by atoms with van der Waals surface area (Å²) in [7, 11) is 1.43. The monoisotopic (exact) mass is 254 g/mol. The summed E-state index contributed by atoms with van der Waals surface area (Å²) >= 11 is 0. The molecule has 0 amide bonds. The summed E-state index contributed by atoms with van der Waals surface area (Å²) in [6.07, 6.45) is 5.54. The summed E-state index contributed by atoms with van der Waals surface area (Å²) in [5.74, 6) is -0.225. The van der Waals surface area contributed by atoms with Gasteiger partial charge in [0.05, 0.1) is 7.11 Å². The zero-order valence-corrected chi connectivity index (χ0v) is 11.9. The van der Waals surface area contributed by atoms with Crippen LogP contribution in [0.5, 0.6) is 0 Å². The first-order valence-corrected chi connectivity index (χ1v) is 6.88. The van der Waals surface area contributed by atoms with E-state index in [2.05, 4.69) is 17.1 Å². The van der Waals surface area contributed by atoms with Gasteiger partial charge in [-0.15, -0.1) is 0 Å². The van der Waals surface area contributed by atoms with E-state index >= 15 is 0 Å². The maximum atomic E-state index is 11.3. The standard InChI is InChI=1S/C14H26N2O2/c1-4-10-16(13-5-8-15-9-6-13)11-7-12(2)14(17)18-3/h7,13,15H,4-6,8-11H2,1-3H3. The lowest BCUT2D eigenvalue weighted by Crippen LogP contribution is -2.43. The third-order valence-corrected chi connectivity index (χ3v) is 3.48. The number of hydrogen-bond donors (Lipinski definition) is 1. The molecule has 0 aromatic carbocycles. The second-order valence-electron chi connectivity index (χ2n) is 4.85. The minimum atomic E-state index is -0.225. The molecule has 1 aliphatic heterocycles. The molecule has 1 fully saturated rings. The van der Waals surface area contributed by atoms with Crippen LogP contribution >= 0.6 is 0 Å². The molecule has 4 heteroatoms. The highest BCUT2D eigenvalue weighted by atomic mass is 16.5. The maximum absolute atomic E-state index is 11.3. The molecule has 1 aliphatic rings. The van der Waals surface area contributed by atoms with Crippen molar-refractivity contribution in [2.24, 2.45) is 0 Å². The van der Waals surface area contributed by atoms with Gasteiger partial charge < -0.3 is 10.1 Å². The Bertz CT molecular complexity index is 284. The summed E-state index contributed by atoms with van der Waals surface area (Å²) in [4.78, 5) is 13.8. The fourth-order valence-electron chi connectivity index (χ4n) is 2.38. The van der Waals surface area contributed by atoms with E-state index in [0.717, 1.165) is 32.6 Å². The summed E-state index contributed by atoms with van der Waals surface area (Å²) in [5, 5.41) is 3.39.